The summed E-state index contributed by atoms with van der Waals surface area (Å²) in [6.07, 6.45) is 5.21. The first-order valence-corrected chi connectivity index (χ1v) is 7.41. The van der Waals surface area contributed by atoms with E-state index < -0.39 is 0 Å². The lowest BCUT2D eigenvalue weighted by Gasteiger charge is -2.06. The summed E-state index contributed by atoms with van der Waals surface area (Å²) in [5.74, 6) is 0.852. The van der Waals surface area contributed by atoms with Gasteiger partial charge in [0.1, 0.15) is 12.4 Å². The van der Waals surface area contributed by atoms with Crippen LogP contribution in [0.1, 0.15) is 30.9 Å². The number of benzene rings is 2. The van der Waals surface area contributed by atoms with E-state index in [-0.39, 0.29) is 6.10 Å². The van der Waals surface area contributed by atoms with Crippen LogP contribution in [0.5, 0.6) is 5.75 Å². The van der Waals surface area contributed by atoms with Crippen molar-refractivity contribution in [1.29, 1.82) is 0 Å². The Balaban J connectivity index is 1.87. The van der Waals surface area contributed by atoms with Crippen molar-refractivity contribution in [3.8, 4) is 5.75 Å². The molecule has 1 unspecified atom stereocenters. The SMILES string of the molecule is CCCC(O)/C=C/c1ccc(OCc2ccccc2)cc1. The zero-order valence-electron chi connectivity index (χ0n) is 12.4. The Hall–Kier alpha value is -2.06. The molecule has 1 N–H and O–H groups in total. The van der Waals surface area contributed by atoms with Gasteiger partial charge in [-0.15, -0.1) is 0 Å². The lowest BCUT2D eigenvalue weighted by molar-refractivity contribution is 0.212. The van der Waals surface area contributed by atoms with Crippen molar-refractivity contribution >= 4 is 6.08 Å². The number of hydrogen-bond acceptors (Lipinski definition) is 2. The summed E-state index contributed by atoms with van der Waals surface area (Å²) in [6.45, 7) is 2.64. The Morgan fingerprint density at radius 2 is 1.76 bits per heavy atom. The maximum absolute atomic E-state index is 9.66. The summed E-state index contributed by atoms with van der Waals surface area (Å²) in [4.78, 5) is 0. The molecule has 0 saturated heterocycles. The van der Waals surface area contributed by atoms with Crippen molar-refractivity contribution in [3.05, 3.63) is 71.8 Å². The second-order valence-corrected chi connectivity index (χ2v) is 5.06. The first-order valence-electron chi connectivity index (χ1n) is 7.41. The van der Waals surface area contributed by atoms with Gasteiger partial charge in [0.25, 0.3) is 0 Å². The second-order valence-electron chi connectivity index (χ2n) is 5.06. The molecule has 0 heterocycles. The highest BCUT2D eigenvalue weighted by atomic mass is 16.5. The molecule has 0 bridgehead atoms. The molecule has 0 radical (unpaired) electrons. The van der Waals surface area contributed by atoms with E-state index in [1.165, 1.54) is 0 Å². The summed E-state index contributed by atoms with van der Waals surface area (Å²) in [6, 6.07) is 18.0. The standard InChI is InChI=1S/C19H22O2/c1-2-6-18(20)12-9-16-10-13-19(14-11-16)21-15-17-7-4-3-5-8-17/h3-5,7-14,18,20H,2,6,15H2,1H3/b12-9+. The summed E-state index contributed by atoms with van der Waals surface area (Å²) in [7, 11) is 0. The maximum Gasteiger partial charge on any atom is 0.119 e. The number of hydrogen-bond donors (Lipinski definition) is 1. The fourth-order valence-electron chi connectivity index (χ4n) is 2.03. The molecule has 2 nitrogen and oxygen atoms in total. The van der Waals surface area contributed by atoms with Crippen LogP contribution in [0, 0.1) is 0 Å². The van der Waals surface area contributed by atoms with Gasteiger partial charge in [0.2, 0.25) is 0 Å². The zero-order chi connectivity index (χ0) is 14.9. The van der Waals surface area contributed by atoms with E-state index in [4.69, 9.17) is 4.74 Å². The van der Waals surface area contributed by atoms with Gasteiger partial charge in [-0.05, 0) is 29.7 Å². The Kier molecular flexibility index (Phi) is 6.04. The van der Waals surface area contributed by atoms with Crippen molar-refractivity contribution < 1.29 is 9.84 Å². The highest BCUT2D eigenvalue weighted by Gasteiger charge is 1.98. The molecule has 0 saturated carbocycles. The quantitative estimate of drug-likeness (QED) is 0.813. The zero-order valence-corrected chi connectivity index (χ0v) is 12.4. The molecule has 0 spiro atoms. The van der Waals surface area contributed by atoms with Crippen molar-refractivity contribution in [1.82, 2.24) is 0 Å². The van der Waals surface area contributed by atoms with Crippen molar-refractivity contribution in [3.63, 3.8) is 0 Å². The molecule has 0 aliphatic rings. The first kappa shape index (κ1) is 15.3. The Morgan fingerprint density at radius 1 is 1.05 bits per heavy atom. The van der Waals surface area contributed by atoms with E-state index in [1.54, 1.807) is 0 Å². The maximum atomic E-state index is 9.66. The van der Waals surface area contributed by atoms with Crippen LogP contribution in [0.2, 0.25) is 0 Å². The summed E-state index contributed by atoms with van der Waals surface area (Å²) in [5, 5.41) is 9.66. The number of ether oxygens (including phenoxy) is 1. The minimum absolute atomic E-state index is 0.357. The van der Waals surface area contributed by atoms with Gasteiger partial charge in [-0.3, -0.25) is 0 Å². The Bertz CT molecular complexity index is 544. The molecule has 0 aliphatic carbocycles. The van der Waals surface area contributed by atoms with E-state index in [0.29, 0.717) is 6.61 Å². The number of aliphatic hydroxyl groups is 1. The van der Waals surface area contributed by atoms with Gasteiger partial charge in [0, 0.05) is 0 Å². The monoisotopic (exact) mass is 282 g/mol. The Labute approximate surface area is 126 Å². The normalized spacial score (nSPS) is 12.5. The molecule has 1 atom stereocenters. The van der Waals surface area contributed by atoms with Crippen molar-refractivity contribution in [2.75, 3.05) is 0 Å². The Morgan fingerprint density at radius 3 is 2.43 bits per heavy atom. The van der Waals surface area contributed by atoms with Crippen LogP contribution < -0.4 is 4.74 Å². The average Bonchev–Trinajstić information content (AvgIpc) is 2.53. The van der Waals surface area contributed by atoms with E-state index in [2.05, 4.69) is 6.92 Å². The van der Waals surface area contributed by atoms with Gasteiger partial charge in [0.15, 0.2) is 0 Å². The van der Waals surface area contributed by atoms with Crippen molar-refractivity contribution in [2.24, 2.45) is 0 Å². The molecule has 0 aliphatic heterocycles. The van der Waals surface area contributed by atoms with Crippen LogP contribution in [0.3, 0.4) is 0 Å². The third kappa shape index (κ3) is 5.44. The molecular formula is C19H22O2. The minimum Gasteiger partial charge on any atom is -0.489 e. The predicted octanol–water partition coefficient (Wildman–Crippen LogP) is 4.44. The molecule has 0 aromatic heterocycles. The van der Waals surface area contributed by atoms with E-state index in [1.807, 2.05) is 66.7 Å². The van der Waals surface area contributed by atoms with Gasteiger partial charge in [-0.2, -0.15) is 0 Å². The molecule has 2 aromatic rings. The first-order chi connectivity index (χ1) is 10.3. The van der Waals surface area contributed by atoms with Crippen LogP contribution in [0.15, 0.2) is 60.7 Å². The fourth-order valence-corrected chi connectivity index (χ4v) is 2.03. The summed E-state index contributed by atoms with van der Waals surface area (Å²) >= 11 is 0. The van der Waals surface area contributed by atoms with Gasteiger partial charge < -0.3 is 9.84 Å². The van der Waals surface area contributed by atoms with E-state index in [9.17, 15) is 5.11 Å². The molecular weight excluding hydrogens is 260 g/mol. The minimum atomic E-state index is -0.357. The lowest BCUT2D eigenvalue weighted by atomic mass is 10.1. The van der Waals surface area contributed by atoms with Gasteiger partial charge in [-0.1, -0.05) is 68.0 Å². The number of rotatable bonds is 7. The third-order valence-electron chi connectivity index (χ3n) is 3.22. The summed E-state index contributed by atoms with van der Waals surface area (Å²) in [5.41, 5.74) is 2.22. The van der Waals surface area contributed by atoms with Gasteiger partial charge >= 0.3 is 0 Å². The fraction of sp³-hybridized carbons (Fsp3) is 0.263. The van der Waals surface area contributed by atoms with Gasteiger partial charge in [0.05, 0.1) is 6.10 Å². The molecule has 21 heavy (non-hydrogen) atoms. The van der Waals surface area contributed by atoms with Crippen LogP contribution in [0.25, 0.3) is 6.08 Å². The topological polar surface area (TPSA) is 29.5 Å². The highest BCUT2D eigenvalue weighted by Crippen LogP contribution is 2.15. The van der Waals surface area contributed by atoms with Crippen molar-refractivity contribution in [2.45, 2.75) is 32.5 Å². The molecule has 2 aromatic carbocycles. The average molecular weight is 282 g/mol. The third-order valence-corrected chi connectivity index (χ3v) is 3.22. The highest BCUT2D eigenvalue weighted by molar-refractivity contribution is 5.51. The predicted molar refractivity (Wildman–Crippen MR) is 87.2 cm³/mol. The molecule has 2 heteroatoms. The number of aliphatic hydroxyl groups excluding tert-OH is 1. The molecule has 2 rings (SSSR count). The van der Waals surface area contributed by atoms with Crippen LogP contribution in [-0.2, 0) is 6.61 Å². The summed E-state index contributed by atoms with van der Waals surface area (Å²) < 4.78 is 5.74. The van der Waals surface area contributed by atoms with Crippen LogP contribution in [0.4, 0.5) is 0 Å². The molecule has 110 valence electrons. The largest absolute Gasteiger partial charge is 0.489 e. The smallest absolute Gasteiger partial charge is 0.119 e. The van der Waals surface area contributed by atoms with Crippen LogP contribution >= 0.6 is 0 Å². The van der Waals surface area contributed by atoms with Crippen LogP contribution in [-0.4, -0.2) is 11.2 Å². The van der Waals surface area contributed by atoms with E-state index >= 15 is 0 Å². The molecule has 0 fully saturated rings. The second kappa shape index (κ2) is 8.28. The van der Waals surface area contributed by atoms with Gasteiger partial charge in [-0.25, -0.2) is 0 Å². The van der Waals surface area contributed by atoms with E-state index in [0.717, 1.165) is 29.7 Å². The molecule has 0 amide bonds. The lowest BCUT2D eigenvalue weighted by Crippen LogP contribution is -1.99.